The van der Waals surface area contributed by atoms with E-state index in [1.807, 2.05) is 38.1 Å². The molecular weight excluding hydrogens is 236 g/mol. The van der Waals surface area contributed by atoms with Gasteiger partial charge in [0.15, 0.2) is 0 Å². The van der Waals surface area contributed by atoms with Crippen molar-refractivity contribution in [2.45, 2.75) is 39.7 Å². The molecule has 0 spiro atoms. The quantitative estimate of drug-likeness (QED) is 0.775. The second kappa shape index (κ2) is 6.09. The van der Waals surface area contributed by atoms with E-state index < -0.39 is 0 Å². The van der Waals surface area contributed by atoms with Gasteiger partial charge in [-0.1, -0.05) is 32.9 Å². The van der Waals surface area contributed by atoms with Gasteiger partial charge < -0.3 is 10.2 Å². The van der Waals surface area contributed by atoms with Crippen LogP contribution in [0.1, 0.15) is 44.0 Å². The van der Waals surface area contributed by atoms with Crippen molar-refractivity contribution in [1.29, 1.82) is 0 Å². The van der Waals surface area contributed by atoms with E-state index in [1.54, 1.807) is 0 Å². The lowest BCUT2D eigenvalue weighted by Crippen LogP contribution is -2.49. The molecule has 1 aromatic carbocycles. The minimum absolute atomic E-state index is 0.196. The maximum Gasteiger partial charge on any atom is 0.256 e. The van der Waals surface area contributed by atoms with E-state index in [2.05, 4.69) is 17.1 Å². The summed E-state index contributed by atoms with van der Waals surface area (Å²) < 4.78 is 0. The first-order chi connectivity index (χ1) is 9.27. The van der Waals surface area contributed by atoms with Crippen LogP contribution < -0.4 is 5.32 Å². The number of amides is 1. The van der Waals surface area contributed by atoms with Crippen LogP contribution in [0, 0.1) is 5.92 Å². The molecule has 2 atom stereocenters. The molecule has 1 fully saturated rings. The van der Waals surface area contributed by atoms with Crippen molar-refractivity contribution in [1.82, 2.24) is 4.90 Å². The summed E-state index contributed by atoms with van der Waals surface area (Å²) in [6.45, 7) is 8.04. The second-order valence-electron chi connectivity index (χ2n) is 5.11. The summed E-state index contributed by atoms with van der Waals surface area (Å²) in [5.41, 5.74) is 1.81. The molecule has 1 saturated heterocycles. The van der Waals surface area contributed by atoms with Gasteiger partial charge in [-0.25, -0.2) is 0 Å². The van der Waals surface area contributed by atoms with E-state index >= 15 is 0 Å². The number of carbonyl (C=O) groups excluding carboxylic acids is 1. The summed E-state index contributed by atoms with van der Waals surface area (Å²) in [5, 5.41) is 3.42. The van der Waals surface area contributed by atoms with Gasteiger partial charge >= 0.3 is 0 Å². The normalized spacial score (nSPS) is 25.2. The number of piperidine rings is 1. The minimum atomic E-state index is 0.196. The number of nitrogens with zero attached hydrogens (tertiary/aromatic N) is 1. The van der Waals surface area contributed by atoms with Gasteiger partial charge in [0, 0.05) is 18.8 Å². The van der Waals surface area contributed by atoms with E-state index in [1.165, 1.54) is 6.42 Å². The van der Waals surface area contributed by atoms with Gasteiger partial charge in [-0.05, 0) is 30.9 Å². The standard InChI is InChI=1S/C14H18N2O.C2H6/c1-10-5-4-8-16-13(10)9-15-12-7-3-2-6-11(12)14(16)17;1-2/h2-3,6-7,10,13,15H,4-5,8-9H2,1H3;1-2H3. The molecule has 104 valence electrons. The molecular formula is C16H24N2O. The predicted molar refractivity (Wildman–Crippen MR) is 79.5 cm³/mol. The second-order valence-corrected chi connectivity index (χ2v) is 5.11. The number of rotatable bonds is 0. The predicted octanol–water partition coefficient (Wildman–Crippen LogP) is 3.38. The lowest BCUT2D eigenvalue weighted by Gasteiger charge is -2.38. The monoisotopic (exact) mass is 260 g/mol. The van der Waals surface area contributed by atoms with Gasteiger partial charge in [0.25, 0.3) is 5.91 Å². The molecule has 2 aliphatic rings. The van der Waals surface area contributed by atoms with Crippen LogP contribution in [0.3, 0.4) is 0 Å². The summed E-state index contributed by atoms with van der Waals surface area (Å²) in [6.07, 6.45) is 2.36. The maximum atomic E-state index is 12.5. The zero-order valence-electron chi connectivity index (χ0n) is 12.1. The Morgan fingerprint density at radius 1 is 1.26 bits per heavy atom. The highest BCUT2D eigenvalue weighted by Gasteiger charge is 2.34. The molecule has 0 bridgehead atoms. The number of benzene rings is 1. The number of fused-ring (bicyclic) bond motifs is 2. The van der Waals surface area contributed by atoms with Gasteiger partial charge in [-0.15, -0.1) is 0 Å². The van der Waals surface area contributed by atoms with Gasteiger partial charge in [0.05, 0.1) is 11.6 Å². The Morgan fingerprint density at radius 3 is 2.79 bits per heavy atom. The highest BCUT2D eigenvalue weighted by Crippen LogP contribution is 2.30. The number of anilines is 1. The van der Waals surface area contributed by atoms with Crippen LogP contribution >= 0.6 is 0 Å². The minimum Gasteiger partial charge on any atom is -0.382 e. The van der Waals surface area contributed by atoms with Crippen molar-refractivity contribution < 1.29 is 4.79 Å². The van der Waals surface area contributed by atoms with Crippen LogP contribution in [-0.4, -0.2) is 29.9 Å². The third-order valence-corrected chi connectivity index (χ3v) is 4.04. The van der Waals surface area contributed by atoms with Crippen LogP contribution in [-0.2, 0) is 0 Å². The average molecular weight is 260 g/mol. The molecule has 3 nitrogen and oxygen atoms in total. The molecule has 0 radical (unpaired) electrons. The number of nitrogens with one attached hydrogen (secondary N) is 1. The lowest BCUT2D eigenvalue weighted by atomic mass is 9.90. The lowest BCUT2D eigenvalue weighted by molar-refractivity contribution is 0.0551. The zero-order valence-corrected chi connectivity index (χ0v) is 12.1. The Bertz CT molecular complexity index is 444. The van der Waals surface area contributed by atoms with Crippen LogP contribution in [0.25, 0.3) is 0 Å². The zero-order chi connectivity index (χ0) is 13.8. The number of carbonyl (C=O) groups is 1. The molecule has 1 aromatic rings. The van der Waals surface area contributed by atoms with Crippen LogP contribution in [0.15, 0.2) is 24.3 Å². The van der Waals surface area contributed by atoms with Crippen LogP contribution in [0.4, 0.5) is 5.69 Å². The topological polar surface area (TPSA) is 32.3 Å². The third-order valence-electron chi connectivity index (χ3n) is 4.04. The summed E-state index contributed by atoms with van der Waals surface area (Å²) in [5.74, 6) is 0.789. The van der Waals surface area contributed by atoms with E-state index in [-0.39, 0.29) is 5.91 Å². The molecule has 2 aliphatic heterocycles. The Kier molecular flexibility index (Phi) is 4.46. The average Bonchev–Trinajstić information content (AvgIpc) is 2.61. The van der Waals surface area contributed by atoms with Gasteiger partial charge in [-0.2, -0.15) is 0 Å². The van der Waals surface area contributed by atoms with Crippen molar-refractivity contribution in [3.05, 3.63) is 29.8 Å². The highest BCUT2D eigenvalue weighted by molar-refractivity contribution is 6.00. The summed E-state index contributed by atoms with van der Waals surface area (Å²) in [7, 11) is 0. The first-order valence-electron chi connectivity index (χ1n) is 7.41. The fraction of sp³-hybridized carbons (Fsp3) is 0.562. The van der Waals surface area contributed by atoms with Gasteiger partial charge in [0.2, 0.25) is 0 Å². The van der Waals surface area contributed by atoms with E-state index in [4.69, 9.17) is 0 Å². The fourth-order valence-electron chi connectivity index (χ4n) is 3.01. The molecule has 2 heterocycles. The first-order valence-corrected chi connectivity index (χ1v) is 7.41. The van der Waals surface area contributed by atoms with Gasteiger partial charge in [-0.3, -0.25) is 4.79 Å². The van der Waals surface area contributed by atoms with Crippen molar-refractivity contribution in [2.75, 3.05) is 18.4 Å². The Labute approximate surface area is 116 Å². The molecule has 1 amide bonds. The summed E-state index contributed by atoms with van der Waals surface area (Å²) in [6, 6.07) is 8.19. The highest BCUT2D eigenvalue weighted by atomic mass is 16.2. The van der Waals surface area contributed by atoms with Crippen molar-refractivity contribution in [3.8, 4) is 0 Å². The molecule has 0 aromatic heterocycles. The number of para-hydroxylation sites is 1. The fourth-order valence-corrected chi connectivity index (χ4v) is 3.01. The van der Waals surface area contributed by atoms with Crippen LogP contribution in [0.2, 0.25) is 0 Å². The third kappa shape index (κ3) is 2.60. The number of hydrogen-bond donors (Lipinski definition) is 1. The maximum absolute atomic E-state index is 12.5. The van der Waals surface area contributed by atoms with E-state index in [0.29, 0.717) is 12.0 Å². The largest absolute Gasteiger partial charge is 0.382 e. The molecule has 19 heavy (non-hydrogen) atoms. The SMILES string of the molecule is CC.CC1CCCN2C(=O)c3ccccc3NCC12. The Morgan fingerprint density at radius 2 is 2.00 bits per heavy atom. The summed E-state index contributed by atoms with van der Waals surface area (Å²) >= 11 is 0. The van der Waals surface area contributed by atoms with E-state index in [9.17, 15) is 4.79 Å². The molecule has 2 unspecified atom stereocenters. The molecule has 3 rings (SSSR count). The Balaban J connectivity index is 0.000000637. The van der Waals surface area contributed by atoms with E-state index in [0.717, 1.165) is 30.8 Å². The molecule has 0 saturated carbocycles. The van der Waals surface area contributed by atoms with Crippen molar-refractivity contribution in [3.63, 3.8) is 0 Å². The number of hydrogen-bond acceptors (Lipinski definition) is 2. The van der Waals surface area contributed by atoms with Gasteiger partial charge in [0.1, 0.15) is 0 Å². The smallest absolute Gasteiger partial charge is 0.256 e. The van der Waals surface area contributed by atoms with Crippen molar-refractivity contribution in [2.24, 2.45) is 5.92 Å². The van der Waals surface area contributed by atoms with Crippen molar-refractivity contribution >= 4 is 11.6 Å². The molecule has 3 heteroatoms. The Hall–Kier alpha value is -1.51. The first kappa shape index (κ1) is 13.9. The molecule has 0 aliphatic carbocycles. The van der Waals surface area contributed by atoms with Crippen LogP contribution in [0.5, 0.6) is 0 Å². The summed E-state index contributed by atoms with van der Waals surface area (Å²) in [4.78, 5) is 14.6. The molecule has 1 N–H and O–H groups in total.